The van der Waals surface area contributed by atoms with Crippen LogP contribution in [-0.2, 0) is 0 Å². The van der Waals surface area contributed by atoms with Gasteiger partial charge in [0.2, 0.25) is 6.23 Å². The third-order valence-electron chi connectivity index (χ3n) is 6.24. The van der Waals surface area contributed by atoms with E-state index in [4.69, 9.17) is 24.0 Å². The Balaban J connectivity index is 1.70. The van der Waals surface area contributed by atoms with Crippen LogP contribution in [0.15, 0.2) is 59.7 Å². The number of para-hydroxylation sites is 1. The first-order valence-corrected chi connectivity index (χ1v) is 10.9. The zero-order valence-electron chi connectivity index (χ0n) is 19.3. The number of fused-ring (bicyclic) bond motifs is 3. The molecule has 0 unspecified atom stereocenters. The number of ether oxygens (including phenoxy) is 4. The predicted octanol–water partition coefficient (Wildman–Crippen LogP) is 4.79. The van der Waals surface area contributed by atoms with Gasteiger partial charge in [-0.2, -0.15) is 5.10 Å². The van der Waals surface area contributed by atoms with Crippen molar-refractivity contribution < 1.29 is 33.2 Å². The van der Waals surface area contributed by atoms with Gasteiger partial charge in [0.1, 0.15) is 11.4 Å². The molecule has 0 saturated heterocycles. The van der Waals surface area contributed by atoms with Gasteiger partial charge in [-0.15, -0.1) is 0 Å². The molecule has 3 aromatic rings. The number of carboxylic acid groups (broad SMARTS) is 1. The van der Waals surface area contributed by atoms with Crippen LogP contribution in [-0.4, -0.2) is 43.1 Å². The highest BCUT2D eigenvalue weighted by atomic mass is 19.1. The summed E-state index contributed by atoms with van der Waals surface area (Å²) in [5.74, 6) is -0.106. The maximum atomic E-state index is 13.5. The summed E-state index contributed by atoms with van der Waals surface area (Å²) in [4.78, 5) is 12.4. The van der Waals surface area contributed by atoms with Gasteiger partial charge in [0.25, 0.3) is 0 Å². The molecule has 180 valence electrons. The Morgan fingerprint density at radius 2 is 1.74 bits per heavy atom. The summed E-state index contributed by atoms with van der Waals surface area (Å²) in [6.07, 6.45) is -0.380. The molecule has 0 fully saturated rings. The molecule has 3 aromatic carbocycles. The Morgan fingerprint density at radius 1 is 1.00 bits per heavy atom. The van der Waals surface area contributed by atoms with Gasteiger partial charge in [-0.1, -0.05) is 24.3 Å². The second kappa shape index (κ2) is 8.83. The highest BCUT2D eigenvalue weighted by Gasteiger charge is 2.44. The molecular weight excluding hydrogens is 455 g/mol. The van der Waals surface area contributed by atoms with E-state index in [1.165, 1.54) is 26.4 Å². The first-order chi connectivity index (χ1) is 17.0. The summed E-state index contributed by atoms with van der Waals surface area (Å²) in [7, 11) is 4.38. The van der Waals surface area contributed by atoms with E-state index in [1.54, 1.807) is 42.5 Å². The van der Waals surface area contributed by atoms with Crippen LogP contribution in [0.2, 0.25) is 0 Å². The van der Waals surface area contributed by atoms with Crippen molar-refractivity contribution in [3.63, 3.8) is 0 Å². The van der Waals surface area contributed by atoms with Crippen LogP contribution in [0.3, 0.4) is 0 Å². The largest absolute Gasteiger partial charge is 0.493 e. The van der Waals surface area contributed by atoms with E-state index in [1.807, 2.05) is 12.1 Å². The second-order valence-electron chi connectivity index (χ2n) is 8.07. The number of nitrogens with zero attached hydrogens (tertiary/aromatic N) is 2. The molecule has 2 aliphatic rings. The van der Waals surface area contributed by atoms with Gasteiger partial charge in [0.15, 0.2) is 23.0 Å². The van der Waals surface area contributed by atoms with E-state index < -0.39 is 12.2 Å². The number of hydrogen-bond acceptors (Lipinski definition) is 7. The SMILES string of the molecule is COc1cccc2c1O[C@@H](c1ccc(OC)c(OC)c1C(=O)O)N1N=C(c3ccc(F)cc3)C[C@H]21. The lowest BCUT2D eigenvalue weighted by atomic mass is 9.94. The van der Waals surface area contributed by atoms with Gasteiger partial charge in [-0.25, -0.2) is 14.2 Å². The van der Waals surface area contributed by atoms with Crippen molar-refractivity contribution in [3.8, 4) is 23.0 Å². The number of carboxylic acids is 1. The topological polar surface area (TPSA) is 89.8 Å². The molecule has 2 atom stereocenters. The molecule has 5 rings (SSSR count). The molecule has 35 heavy (non-hydrogen) atoms. The van der Waals surface area contributed by atoms with Gasteiger partial charge in [-0.3, -0.25) is 0 Å². The normalized spacial score (nSPS) is 18.2. The number of methoxy groups -OCH3 is 3. The molecule has 8 nitrogen and oxygen atoms in total. The lowest BCUT2D eigenvalue weighted by molar-refractivity contribution is -0.0217. The number of aromatic carboxylic acids is 1. The quantitative estimate of drug-likeness (QED) is 0.545. The average molecular weight is 478 g/mol. The van der Waals surface area contributed by atoms with Crippen LogP contribution in [0.25, 0.3) is 0 Å². The summed E-state index contributed by atoms with van der Waals surface area (Å²) in [6.45, 7) is 0. The van der Waals surface area contributed by atoms with Crippen molar-refractivity contribution in [2.75, 3.05) is 21.3 Å². The fourth-order valence-electron chi connectivity index (χ4n) is 4.64. The van der Waals surface area contributed by atoms with Gasteiger partial charge in [-0.05, 0) is 35.9 Å². The van der Waals surface area contributed by atoms with Crippen molar-refractivity contribution in [3.05, 3.63) is 82.7 Å². The molecule has 9 heteroatoms. The Bertz CT molecular complexity index is 1320. The molecule has 0 spiro atoms. The highest BCUT2D eigenvalue weighted by molar-refractivity contribution is 6.02. The summed E-state index contributed by atoms with van der Waals surface area (Å²) >= 11 is 0. The number of hydrazone groups is 1. The van der Waals surface area contributed by atoms with Gasteiger partial charge in [0, 0.05) is 17.5 Å². The lowest BCUT2D eigenvalue weighted by Crippen LogP contribution is -2.35. The summed E-state index contributed by atoms with van der Waals surface area (Å²) in [5.41, 5.74) is 2.63. The average Bonchev–Trinajstić information content (AvgIpc) is 3.33. The molecule has 2 aliphatic heterocycles. The Morgan fingerprint density at radius 3 is 2.40 bits per heavy atom. The Labute approximate surface area is 201 Å². The fraction of sp³-hybridized carbons (Fsp3) is 0.231. The molecule has 0 bridgehead atoms. The van der Waals surface area contributed by atoms with Gasteiger partial charge >= 0.3 is 5.97 Å². The van der Waals surface area contributed by atoms with Crippen molar-refractivity contribution in [1.29, 1.82) is 0 Å². The molecule has 0 saturated carbocycles. The maximum Gasteiger partial charge on any atom is 0.340 e. The summed E-state index contributed by atoms with van der Waals surface area (Å²) in [5, 5.41) is 16.7. The third-order valence-corrected chi connectivity index (χ3v) is 6.24. The first kappa shape index (κ1) is 22.5. The molecule has 0 amide bonds. The van der Waals surface area contributed by atoms with Crippen LogP contribution in [0, 0.1) is 5.82 Å². The van der Waals surface area contributed by atoms with E-state index in [-0.39, 0.29) is 28.9 Å². The fourth-order valence-corrected chi connectivity index (χ4v) is 4.64. The molecule has 1 N–H and O–H groups in total. The highest BCUT2D eigenvalue weighted by Crippen LogP contribution is 2.52. The second-order valence-corrected chi connectivity index (χ2v) is 8.07. The zero-order valence-corrected chi connectivity index (χ0v) is 19.3. The first-order valence-electron chi connectivity index (χ1n) is 10.9. The predicted molar refractivity (Wildman–Crippen MR) is 125 cm³/mol. The number of halogens is 1. The molecule has 0 aromatic heterocycles. The van der Waals surface area contributed by atoms with E-state index in [2.05, 4.69) is 0 Å². The van der Waals surface area contributed by atoms with E-state index in [9.17, 15) is 14.3 Å². The van der Waals surface area contributed by atoms with E-state index in [0.29, 0.717) is 23.5 Å². The monoisotopic (exact) mass is 478 g/mol. The standard InChI is InChI=1S/C26H23FN2O6/c1-32-20-6-4-5-16-19-13-18(14-7-9-15(27)10-8-14)28-29(19)25(35-23(16)20)17-11-12-21(33-2)24(34-3)22(17)26(30)31/h4-12,19,25H,13H2,1-3H3,(H,30,31)/t19-,25+/m1/s1. The minimum atomic E-state index is -1.19. The van der Waals surface area contributed by atoms with Gasteiger partial charge in [0.05, 0.1) is 33.1 Å². The maximum absolute atomic E-state index is 13.5. The van der Waals surface area contributed by atoms with Crippen LogP contribution in [0.4, 0.5) is 4.39 Å². The molecule has 0 radical (unpaired) electrons. The van der Waals surface area contributed by atoms with Crippen LogP contribution >= 0.6 is 0 Å². The van der Waals surface area contributed by atoms with Gasteiger partial charge < -0.3 is 24.1 Å². The smallest absolute Gasteiger partial charge is 0.340 e. The number of benzene rings is 3. The Hall–Kier alpha value is -4.27. The lowest BCUT2D eigenvalue weighted by Gasteiger charge is -2.39. The van der Waals surface area contributed by atoms with Crippen LogP contribution in [0.1, 0.15) is 45.7 Å². The zero-order chi connectivity index (χ0) is 24.7. The van der Waals surface area contributed by atoms with Crippen molar-refractivity contribution in [2.45, 2.75) is 18.7 Å². The Kier molecular flexibility index (Phi) is 5.68. The summed E-state index contributed by atoms with van der Waals surface area (Å²) < 4.78 is 36.2. The van der Waals surface area contributed by atoms with E-state index in [0.717, 1.165) is 16.8 Å². The third kappa shape index (κ3) is 3.69. The van der Waals surface area contributed by atoms with Crippen LogP contribution < -0.4 is 18.9 Å². The van der Waals surface area contributed by atoms with Crippen molar-refractivity contribution in [1.82, 2.24) is 5.01 Å². The molecular formula is C26H23FN2O6. The minimum Gasteiger partial charge on any atom is -0.493 e. The summed E-state index contributed by atoms with van der Waals surface area (Å²) in [6, 6.07) is 14.7. The van der Waals surface area contributed by atoms with Crippen LogP contribution in [0.5, 0.6) is 23.0 Å². The molecule has 2 heterocycles. The van der Waals surface area contributed by atoms with Crippen molar-refractivity contribution >= 4 is 11.7 Å². The van der Waals surface area contributed by atoms with Crippen molar-refractivity contribution in [2.24, 2.45) is 5.10 Å². The number of rotatable bonds is 6. The number of carbonyl (C=O) groups is 1. The number of hydrogen-bond donors (Lipinski definition) is 1. The van der Waals surface area contributed by atoms with E-state index >= 15 is 0 Å². The molecule has 0 aliphatic carbocycles. The minimum absolute atomic E-state index is 0.0839.